The van der Waals surface area contributed by atoms with Crippen molar-refractivity contribution in [3.8, 4) is 0 Å². The zero-order chi connectivity index (χ0) is 23.7. The Morgan fingerprint density at radius 2 is 1.58 bits per heavy atom. The summed E-state index contributed by atoms with van der Waals surface area (Å²) >= 11 is 0. The van der Waals surface area contributed by atoms with Crippen molar-refractivity contribution in [1.29, 1.82) is 0 Å². The van der Waals surface area contributed by atoms with Crippen LogP contribution in [0.1, 0.15) is 23.6 Å². The number of imide groups is 1. The third kappa shape index (κ3) is 4.39. The average Bonchev–Trinajstić information content (AvgIpc) is 2.99. The molecule has 0 fully saturated rings. The first kappa shape index (κ1) is 22.0. The summed E-state index contributed by atoms with van der Waals surface area (Å²) < 4.78 is 13.9. The van der Waals surface area contributed by atoms with Gasteiger partial charge in [0.1, 0.15) is 11.5 Å². The van der Waals surface area contributed by atoms with Crippen LogP contribution < -0.4 is 15.5 Å². The minimum Gasteiger partial charge on any atom is -0.350 e. The number of aryl methyl sites for hydroxylation is 2. The number of amides is 3. The van der Waals surface area contributed by atoms with E-state index in [2.05, 4.69) is 10.6 Å². The summed E-state index contributed by atoms with van der Waals surface area (Å²) in [6, 6.07) is 17.8. The molecule has 0 aromatic heterocycles. The first-order valence-electron chi connectivity index (χ1n) is 10.4. The van der Waals surface area contributed by atoms with E-state index in [1.807, 2.05) is 32.0 Å². The number of nitrogens with one attached hydrogen (secondary N) is 2. The Morgan fingerprint density at radius 1 is 0.879 bits per heavy atom. The third-order valence-corrected chi connectivity index (χ3v) is 5.28. The Hall–Kier alpha value is -4.26. The second-order valence-electron chi connectivity index (χ2n) is 7.88. The van der Waals surface area contributed by atoms with Gasteiger partial charge in [-0.25, -0.2) is 9.29 Å². The minimum atomic E-state index is -0.577. The summed E-state index contributed by atoms with van der Waals surface area (Å²) in [6.07, 6.45) is 0. The molecule has 166 valence electrons. The van der Waals surface area contributed by atoms with Gasteiger partial charge in [0.15, 0.2) is 0 Å². The van der Waals surface area contributed by atoms with E-state index in [1.165, 1.54) is 25.1 Å². The normalized spacial score (nSPS) is 13.5. The van der Waals surface area contributed by atoms with Gasteiger partial charge in [0.2, 0.25) is 5.91 Å². The van der Waals surface area contributed by atoms with Crippen LogP contribution in [0, 0.1) is 19.7 Å². The van der Waals surface area contributed by atoms with E-state index in [9.17, 15) is 18.8 Å². The zero-order valence-electron chi connectivity index (χ0n) is 18.4. The van der Waals surface area contributed by atoms with Crippen LogP contribution in [-0.2, 0) is 14.4 Å². The number of hydrogen-bond acceptors (Lipinski definition) is 4. The summed E-state index contributed by atoms with van der Waals surface area (Å²) in [5, 5.41) is 5.75. The molecule has 3 amide bonds. The first-order valence-corrected chi connectivity index (χ1v) is 10.4. The lowest BCUT2D eigenvalue weighted by Gasteiger charge is -2.15. The van der Waals surface area contributed by atoms with Gasteiger partial charge in [-0.3, -0.25) is 14.4 Å². The second-order valence-corrected chi connectivity index (χ2v) is 7.88. The number of halogens is 1. The molecule has 0 aliphatic carbocycles. The SMILES string of the molecule is CC(=O)Nc1ccc(NC2=C(c3ccc(C)cc3C)C(=O)N(c3cccc(F)c3)C2=O)cc1. The van der Waals surface area contributed by atoms with Crippen molar-refractivity contribution < 1.29 is 18.8 Å². The quantitative estimate of drug-likeness (QED) is 0.556. The lowest BCUT2D eigenvalue weighted by Crippen LogP contribution is -2.32. The van der Waals surface area contributed by atoms with E-state index < -0.39 is 17.6 Å². The van der Waals surface area contributed by atoms with Crippen molar-refractivity contribution in [2.24, 2.45) is 0 Å². The lowest BCUT2D eigenvalue weighted by molar-refractivity contribution is -0.120. The van der Waals surface area contributed by atoms with E-state index in [0.29, 0.717) is 16.9 Å². The average molecular weight is 443 g/mol. The van der Waals surface area contributed by atoms with Gasteiger partial charge in [-0.2, -0.15) is 0 Å². The Morgan fingerprint density at radius 3 is 2.21 bits per heavy atom. The van der Waals surface area contributed by atoms with Crippen LogP contribution in [0.3, 0.4) is 0 Å². The maximum Gasteiger partial charge on any atom is 0.282 e. The minimum absolute atomic E-state index is 0.100. The van der Waals surface area contributed by atoms with Crippen LogP contribution in [0.5, 0.6) is 0 Å². The number of nitrogens with zero attached hydrogens (tertiary/aromatic N) is 1. The van der Waals surface area contributed by atoms with Gasteiger partial charge in [0, 0.05) is 18.3 Å². The molecule has 3 aromatic rings. The number of anilines is 3. The molecule has 1 aliphatic heterocycles. The highest BCUT2D eigenvalue weighted by Gasteiger charge is 2.40. The molecule has 4 rings (SSSR count). The van der Waals surface area contributed by atoms with Crippen molar-refractivity contribution >= 4 is 40.4 Å². The molecule has 6 nitrogen and oxygen atoms in total. The van der Waals surface area contributed by atoms with Crippen LogP contribution in [0.15, 0.2) is 72.4 Å². The monoisotopic (exact) mass is 443 g/mol. The van der Waals surface area contributed by atoms with Gasteiger partial charge in [-0.05, 0) is 67.4 Å². The van der Waals surface area contributed by atoms with Gasteiger partial charge in [0.25, 0.3) is 11.8 Å². The standard InChI is InChI=1S/C26H22FN3O3/c1-15-7-12-22(16(2)13-15)23-24(29-20-10-8-19(9-11-20)28-17(3)31)26(33)30(25(23)32)21-6-4-5-18(27)14-21/h4-14,29H,1-3H3,(H,28,31). The fraction of sp³-hybridized carbons (Fsp3) is 0.115. The van der Waals surface area contributed by atoms with Gasteiger partial charge >= 0.3 is 0 Å². The van der Waals surface area contributed by atoms with Crippen molar-refractivity contribution in [2.75, 3.05) is 15.5 Å². The topological polar surface area (TPSA) is 78.5 Å². The van der Waals surface area contributed by atoms with Crippen molar-refractivity contribution in [3.63, 3.8) is 0 Å². The van der Waals surface area contributed by atoms with Crippen LogP contribution >= 0.6 is 0 Å². The summed E-state index contributed by atoms with van der Waals surface area (Å²) in [5.74, 6) is -1.85. The van der Waals surface area contributed by atoms with E-state index in [4.69, 9.17) is 0 Å². The number of carbonyl (C=O) groups excluding carboxylic acids is 3. The van der Waals surface area contributed by atoms with Gasteiger partial charge < -0.3 is 10.6 Å². The molecular weight excluding hydrogens is 421 g/mol. The van der Waals surface area contributed by atoms with Gasteiger partial charge in [-0.1, -0.05) is 29.8 Å². The molecule has 0 saturated carbocycles. The number of rotatable bonds is 5. The maximum absolute atomic E-state index is 13.9. The summed E-state index contributed by atoms with van der Waals surface area (Å²) in [5.41, 5.74) is 4.12. The molecule has 1 heterocycles. The summed E-state index contributed by atoms with van der Waals surface area (Å²) in [4.78, 5) is 39.1. The van der Waals surface area contributed by atoms with Crippen LogP contribution in [0.4, 0.5) is 21.5 Å². The predicted molar refractivity (Wildman–Crippen MR) is 126 cm³/mol. The van der Waals surface area contributed by atoms with Crippen molar-refractivity contribution in [1.82, 2.24) is 0 Å². The Balaban J connectivity index is 1.79. The Bertz CT molecular complexity index is 1310. The fourth-order valence-electron chi connectivity index (χ4n) is 3.82. The van der Waals surface area contributed by atoms with E-state index in [-0.39, 0.29) is 22.9 Å². The molecule has 7 heteroatoms. The molecule has 0 bridgehead atoms. The highest BCUT2D eigenvalue weighted by Crippen LogP contribution is 2.35. The fourth-order valence-corrected chi connectivity index (χ4v) is 3.82. The van der Waals surface area contributed by atoms with Crippen LogP contribution in [0.2, 0.25) is 0 Å². The van der Waals surface area contributed by atoms with Gasteiger partial charge in [0.05, 0.1) is 11.3 Å². The lowest BCUT2D eigenvalue weighted by atomic mass is 9.97. The maximum atomic E-state index is 13.9. The van der Waals surface area contributed by atoms with E-state index >= 15 is 0 Å². The molecular formula is C26H22FN3O3. The van der Waals surface area contributed by atoms with Crippen LogP contribution in [-0.4, -0.2) is 17.7 Å². The molecule has 2 N–H and O–H groups in total. The molecule has 33 heavy (non-hydrogen) atoms. The summed E-state index contributed by atoms with van der Waals surface area (Å²) in [6.45, 7) is 5.23. The molecule has 0 atom stereocenters. The molecule has 0 unspecified atom stereocenters. The van der Waals surface area contributed by atoms with Gasteiger partial charge in [-0.15, -0.1) is 0 Å². The molecule has 3 aromatic carbocycles. The van der Waals surface area contributed by atoms with Crippen LogP contribution in [0.25, 0.3) is 5.57 Å². The summed E-state index contributed by atoms with van der Waals surface area (Å²) in [7, 11) is 0. The number of benzene rings is 3. The Labute approximate surface area is 190 Å². The molecule has 1 aliphatic rings. The van der Waals surface area contributed by atoms with E-state index in [0.717, 1.165) is 22.1 Å². The highest BCUT2D eigenvalue weighted by molar-refractivity contribution is 6.46. The second kappa shape index (κ2) is 8.70. The first-order chi connectivity index (χ1) is 15.7. The largest absolute Gasteiger partial charge is 0.350 e. The zero-order valence-corrected chi connectivity index (χ0v) is 18.4. The van der Waals surface area contributed by atoms with Crippen molar-refractivity contribution in [2.45, 2.75) is 20.8 Å². The molecule has 0 radical (unpaired) electrons. The Kier molecular flexibility index (Phi) is 5.79. The third-order valence-electron chi connectivity index (χ3n) is 5.28. The highest BCUT2D eigenvalue weighted by atomic mass is 19.1. The number of hydrogen-bond donors (Lipinski definition) is 2. The molecule has 0 saturated heterocycles. The van der Waals surface area contributed by atoms with E-state index in [1.54, 1.807) is 24.3 Å². The van der Waals surface area contributed by atoms with Crippen molar-refractivity contribution in [3.05, 3.63) is 94.9 Å². The molecule has 0 spiro atoms. The number of carbonyl (C=O) groups is 3. The smallest absolute Gasteiger partial charge is 0.282 e. The predicted octanol–water partition coefficient (Wildman–Crippen LogP) is 4.80.